The Morgan fingerprint density at radius 3 is 3.10 bits per heavy atom. The molecular formula is C7H11N3. The molecule has 3 N–H and O–H groups in total. The fourth-order valence-corrected chi connectivity index (χ4v) is 0.622. The molecule has 0 fully saturated rings. The Bertz CT molecular complexity index is 199. The summed E-state index contributed by atoms with van der Waals surface area (Å²) in [6.45, 7) is 1.83. The van der Waals surface area contributed by atoms with Gasteiger partial charge in [0.05, 0.1) is 11.9 Å². The average molecular weight is 137 g/mol. The van der Waals surface area contributed by atoms with E-state index in [4.69, 9.17) is 5.73 Å². The van der Waals surface area contributed by atoms with E-state index in [-0.39, 0.29) is 6.17 Å². The highest BCUT2D eigenvalue weighted by Gasteiger charge is 1.86. The molecule has 1 aromatic heterocycles. The third kappa shape index (κ3) is 2.03. The van der Waals surface area contributed by atoms with Gasteiger partial charge in [-0.3, -0.25) is 4.99 Å². The maximum Gasteiger partial charge on any atom is 0.0941 e. The molecule has 0 amide bonds. The van der Waals surface area contributed by atoms with E-state index in [9.17, 15) is 0 Å². The number of aromatic amines is 1. The summed E-state index contributed by atoms with van der Waals surface area (Å²) >= 11 is 0. The SMILES string of the molecule is CC(N)/N=C/c1ccc[nH]1. The van der Waals surface area contributed by atoms with Crippen LogP contribution in [0.2, 0.25) is 0 Å². The third-order valence-corrected chi connectivity index (χ3v) is 1.07. The Hall–Kier alpha value is -1.09. The van der Waals surface area contributed by atoms with Gasteiger partial charge in [-0.1, -0.05) is 0 Å². The van der Waals surface area contributed by atoms with Crippen molar-refractivity contribution in [2.24, 2.45) is 10.7 Å². The van der Waals surface area contributed by atoms with Crippen molar-refractivity contribution in [3.05, 3.63) is 24.0 Å². The molecule has 0 bridgehead atoms. The third-order valence-electron chi connectivity index (χ3n) is 1.07. The first-order valence-corrected chi connectivity index (χ1v) is 3.21. The number of H-pyrrole nitrogens is 1. The van der Waals surface area contributed by atoms with Crippen LogP contribution in [0.4, 0.5) is 0 Å². The standard InChI is InChI=1S/C7H11N3/c1-6(8)10-5-7-3-2-4-9-7/h2-6,9H,8H2,1H3/b10-5+. The molecule has 0 spiro atoms. The number of hydrogen-bond acceptors (Lipinski definition) is 2. The van der Waals surface area contributed by atoms with Crippen LogP contribution in [0.3, 0.4) is 0 Å². The van der Waals surface area contributed by atoms with E-state index in [1.165, 1.54) is 0 Å². The molecule has 1 unspecified atom stereocenters. The smallest absolute Gasteiger partial charge is 0.0941 e. The van der Waals surface area contributed by atoms with Gasteiger partial charge < -0.3 is 10.7 Å². The van der Waals surface area contributed by atoms with Gasteiger partial charge in [0.2, 0.25) is 0 Å². The molecular weight excluding hydrogens is 126 g/mol. The summed E-state index contributed by atoms with van der Waals surface area (Å²) in [5.41, 5.74) is 6.38. The number of rotatable bonds is 2. The summed E-state index contributed by atoms with van der Waals surface area (Å²) in [5, 5.41) is 0. The Morgan fingerprint density at radius 1 is 1.80 bits per heavy atom. The summed E-state index contributed by atoms with van der Waals surface area (Å²) in [4.78, 5) is 6.98. The highest BCUT2D eigenvalue weighted by molar-refractivity contribution is 5.76. The quantitative estimate of drug-likeness (QED) is 0.580. The molecule has 54 valence electrons. The van der Waals surface area contributed by atoms with Crippen LogP contribution in [0, 0.1) is 0 Å². The van der Waals surface area contributed by atoms with E-state index in [0.717, 1.165) is 5.69 Å². The zero-order chi connectivity index (χ0) is 7.40. The Labute approximate surface area is 60.0 Å². The second-order valence-electron chi connectivity index (χ2n) is 2.14. The van der Waals surface area contributed by atoms with E-state index in [1.807, 2.05) is 25.3 Å². The lowest BCUT2D eigenvalue weighted by atomic mass is 10.5. The molecule has 0 radical (unpaired) electrons. The normalized spacial score (nSPS) is 14.2. The molecule has 1 rings (SSSR count). The van der Waals surface area contributed by atoms with Gasteiger partial charge in [-0.15, -0.1) is 0 Å². The van der Waals surface area contributed by atoms with Crippen LogP contribution in [-0.2, 0) is 0 Å². The minimum atomic E-state index is -0.122. The van der Waals surface area contributed by atoms with Crippen molar-refractivity contribution in [1.82, 2.24) is 4.98 Å². The van der Waals surface area contributed by atoms with Crippen molar-refractivity contribution in [1.29, 1.82) is 0 Å². The first-order chi connectivity index (χ1) is 4.79. The van der Waals surface area contributed by atoms with Crippen molar-refractivity contribution in [3.8, 4) is 0 Å². The van der Waals surface area contributed by atoms with Crippen LogP contribution in [0.25, 0.3) is 0 Å². The van der Waals surface area contributed by atoms with Crippen LogP contribution in [-0.4, -0.2) is 17.4 Å². The van der Waals surface area contributed by atoms with E-state index >= 15 is 0 Å². The molecule has 0 saturated heterocycles. The molecule has 0 aliphatic carbocycles. The van der Waals surface area contributed by atoms with Gasteiger partial charge in [-0.05, 0) is 19.1 Å². The molecule has 3 nitrogen and oxygen atoms in total. The number of aromatic nitrogens is 1. The summed E-state index contributed by atoms with van der Waals surface area (Å²) in [6, 6.07) is 3.86. The molecule has 0 aromatic carbocycles. The molecule has 0 aliphatic heterocycles. The lowest BCUT2D eigenvalue weighted by Crippen LogP contribution is -2.11. The molecule has 0 aliphatic rings. The topological polar surface area (TPSA) is 54.2 Å². The minimum Gasteiger partial charge on any atom is -0.360 e. The number of hydrogen-bond donors (Lipinski definition) is 2. The van der Waals surface area contributed by atoms with Gasteiger partial charge in [0, 0.05) is 12.4 Å². The largest absolute Gasteiger partial charge is 0.360 e. The summed E-state index contributed by atoms with van der Waals surface area (Å²) in [5.74, 6) is 0. The lowest BCUT2D eigenvalue weighted by Gasteiger charge is -1.92. The maximum atomic E-state index is 5.40. The van der Waals surface area contributed by atoms with Crippen LogP contribution < -0.4 is 5.73 Å². The van der Waals surface area contributed by atoms with Crippen molar-refractivity contribution < 1.29 is 0 Å². The van der Waals surface area contributed by atoms with Crippen LogP contribution in [0.15, 0.2) is 23.3 Å². The summed E-state index contributed by atoms with van der Waals surface area (Å²) < 4.78 is 0. The van der Waals surface area contributed by atoms with E-state index < -0.39 is 0 Å². The van der Waals surface area contributed by atoms with Gasteiger partial charge >= 0.3 is 0 Å². The summed E-state index contributed by atoms with van der Waals surface area (Å²) in [7, 11) is 0. The van der Waals surface area contributed by atoms with Crippen molar-refractivity contribution >= 4 is 6.21 Å². The first-order valence-electron chi connectivity index (χ1n) is 3.21. The predicted octanol–water partition coefficient (Wildman–Crippen LogP) is 0.738. The first kappa shape index (κ1) is 7.02. The number of nitrogens with zero attached hydrogens (tertiary/aromatic N) is 1. The molecule has 3 heteroatoms. The van der Waals surface area contributed by atoms with Crippen molar-refractivity contribution in [2.45, 2.75) is 13.1 Å². The van der Waals surface area contributed by atoms with E-state index in [0.29, 0.717) is 0 Å². The van der Waals surface area contributed by atoms with Crippen LogP contribution in [0.5, 0.6) is 0 Å². The summed E-state index contributed by atoms with van der Waals surface area (Å²) in [6.07, 6.45) is 3.45. The lowest BCUT2D eigenvalue weighted by molar-refractivity contribution is 0.796. The second kappa shape index (κ2) is 3.17. The zero-order valence-electron chi connectivity index (χ0n) is 5.91. The van der Waals surface area contributed by atoms with Crippen LogP contribution in [0.1, 0.15) is 12.6 Å². The number of nitrogens with one attached hydrogen (secondary N) is 1. The molecule has 1 heterocycles. The average Bonchev–Trinajstić information content (AvgIpc) is 2.34. The Morgan fingerprint density at radius 2 is 2.60 bits per heavy atom. The molecule has 1 atom stereocenters. The maximum absolute atomic E-state index is 5.40. The monoisotopic (exact) mass is 137 g/mol. The van der Waals surface area contributed by atoms with Gasteiger partial charge in [-0.25, -0.2) is 0 Å². The fraction of sp³-hybridized carbons (Fsp3) is 0.286. The van der Waals surface area contributed by atoms with E-state index in [2.05, 4.69) is 9.98 Å². The van der Waals surface area contributed by atoms with Gasteiger partial charge in [-0.2, -0.15) is 0 Å². The second-order valence-corrected chi connectivity index (χ2v) is 2.14. The van der Waals surface area contributed by atoms with Gasteiger partial charge in [0.15, 0.2) is 0 Å². The van der Waals surface area contributed by atoms with Crippen molar-refractivity contribution in [2.75, 3.05) is 0 Å². The highest BCUT2D eigenvalue weighted by atomic mass is 14.9. The molecule has 1 aromatic rings. The minimum absolute atomic E-state index is 0.122. The molecule has 0 saturated carbocycles. The van der Waals surface area contributed by atoms with Gasteiger partial charge in [0.1, 0.15) is 0 Å². The van der Waals surface area contributed by atoms with Crippen LogP contribution >= 0.6 is 0 Å². The number of nitrogens with two attached hydrogens (primary N) is 1. The zero-order valence-corrected chi connectivity index (χ0v) is 5.91. The number of aliphatic imine (C=N–C) groups is 1. The highest BCUT2D eigenvalue weighted by Crippen LogP contribution is 1.89. The molecule has 10 heavy (non-hydrogen) atoms. The van der Waals surface area contributed by atoms with Crippen molar-refractivity contribution in [3.63, 3.8) is 0 Å². The van der Waals surface area contributed by atoms with E-state index in [1.54, 1.807) is 6.21 Å². The Balaban J connectivity index is 2.55. The predicted molar refractivity (Wildman–Crippen MR) is 42.0 cm³/mol. The Kier molecular flexibility index (Phi) is 2.23. The fourth-order valence-electron chi connectivity index (χ4n) is 0.622. The van der Waals surface area contributed by atoms with Gasteiger partial charge in [0.25, 0.3) is 0 Å².